The minimum absolute atomic E-state index is 0.310. The average molecular weight is 551 g/mol. The molecule has 0 aliphatic carbocycles. The Kier molecular flexibility index (Phi) is 10.8. The van der Waals surface area contributed by atoms with Crippen molar-refractivity contribution in [3.8, 4) is 5.75 Å². The molecule has 1 heterocycles. The molecule has 0 radical (unpaired) electrons. The maximum atomic E-state index is 6.25. The Bertz CT molecular complexity index is 1020. The number of ether oxygens (including phenoxy) is 1. The molecule has 3 rings (SSSR count). The molecule has 0 bridgehead atoms. The molecule has 0 saturated heterocycles. The highest BCUT2D eigenvalue weighted by molar-refractivity contribution is 9.10. The number of unbranched alkanes of at least 4 members (excludes halogenated alkanes) is 5. The van der Waals surface area contributed by atoms with Gasteiger partial charge >= 0.3 is 0 Å². The Hall–Kier alpha value is -1.48. The standard InChI is InChI=1S/C33H48BBrO/c1-9-11-12-13-14-15-16-36-32-20-27-17-25(8)34(30(27)21-31(32)35)33-28(22(3)4)18-26(24(7)10-2)19-29(33)23(5)6/h17-24H,9-16H2,1-8H3. The van der Waals surface area contributed by atoms with E-state index in [0.29, 0.717) is 24.5 Å². The Morgan fingerprint density at radius 2 is 1.44 bits per heavy atom. The maximum Gasteiger partial charge on any atom is 0.238 e. The summed E-state index contributed by atoms with van der Waals surface area (Å²) in [5.74, 6) is 2.54. The molecular weight excluding hydrogens is 503 g/mol. The van der Waals surface area contributed by atoms with Gasteiger partial charge in [0.15, 0.2) is 0 Å². The maximum absolute atomic E-state index is 6.25. The first kappa shape index (κ1) is 29.1. The van der Waals surface area contributed by atoms with E-state index in [9.17, 15) is 0 Å². The van der Waals surface area contributed by atoms with Gasteiger partial charge in [0.25, 0.3) is 0 Å². The molecule has 0 N–H and O–H groups in total. The van der Waals surface area contributed by atoms with Crippen molar-refractivity contribution in [2.24, 2.45) is 0 Å². The van der Waals surface area contributed by atoms with Gasteiger partial charge in [-0.25, -0.2) is 0 Å². The van der Waals surface area contributed by atoms with E-state index in [1.165, 1.54) is 77.2 Å². The first-order valence-electron chi connectivity index (χ1n) is 14.5. The first-order valence-corrected chi connectivity index (χ1v) is 15.3. The molecule has 1 atom stereocenters. The molecule has 2 aromatic carbocycles. The van der Waals surface area contributed by atoms with E-state index in [1.807, 2.05) is 0 Å². The first-order chi connectivity index (χ1) is 17.2. The molecule has 2 aromatic rings. The number of fused-ring (bicyclic) bond motifs is 1. The molecule has 0 spiro atoms. The smallest absolute Gasteiger partial charge is 0.238 e. The fourth-order valence-corrected chi connectivity index (χ4v) is 6.10. The van der Waals surface area contributed by atoms with Gasteiger partial charge in [0, 0.05) is 0 Å². The highest BCUT2D eigenvalue weighted by atomic mass is 79.9. The van der Waals surface area contributed by atoms with Crippen molar-refractivity contribution in [1.29, 1.82) is 0 Å². The zero-order valence-electron chi connectivity index (χ0n) is 24.1. The van der Waals surface area contributed by atoms with E-state index in [1.54, 1.807) is 0 Å². The second-order valence-electron chi connectivity index (χ2n) is 11.6. The molecule has 1 unspecified atom stereocenters. The quantitative estimate of drug-likeness (QED) is 0.178. The van der Waals surface area contributed by atoms with Gasteiger partial charge < -0.3 is 4.74 Å². The summed E-state index contributed by atoms with van der Waals surface area (Å²) in [6.07, 6.45) is 11.3. The number of benzene rings is 2. The zero-order chi connectivity index (χ0) is 26.4. The average Bonchev–Trinajstić information content (AvgIpc) is 3.15. The van der Waals surface area contributed by atoms with E-state index in [2.05, 4.69) is 102 Å². The van der Waals surface area contributed by atoms with E-state index < -0.39 is 0 Å². The second kappa shape index (κ2) is 13.4. The van der Waals surface area contributed by atoms with Crippen LogP contribution in [0.5, 0.6) is 5.75 Å². The Morgan fingerprint density at radius 1 is 0.833 bits per heavy atom. The zero-order valence-corrected chi connectivity index (χ0v) is 25.7. The third kappa shape index (κ3) is 6.69. The lowest BCUT2D eigenvalue weighted by molar-refractivity contribution is 0.302. The van der Waals surface area contributed by atoms with Crippen molar-refractivity contribution in [3.05, 3.63) is 56.5 Å². The SMILES string of the molecule is CCCCCCCCOc1cc2c(cc1Br)B(c1c(C(C)C)cc(C(C)CC)cc1C(C)C)C(C)=C2. The van der Waals surface area contributed by atoms with Crippen molar-refractivity contribution >= 4 is 39.6 Å². The number of halogens is 1. The molecule has 0 aromatic heterocycles. The van der Waals surface area contributed by atoms with Crippen molar-refractivity contribution in [2.45, 2.75) is 118 Å². The summed E-state index contributed by atoms with van der Waals surface area (Å²) in [7, 11) is 0. The van der Waals surface area contributed by atoms with Crippen LogP contribution in [0.4, 0.5) is 0 Å². The van der Waals surface area contributed by atoms with Crippen LogP contribution < -0.4 is 15.7 Å². The van der Waals surface area contributed by atoms with Gasteiger partial charge in [-0.3, -0.25) is 0 Å². The highest BCUT2D eigenvalue weighted by Gasteiger charge is 2.34. The summed E-state index contributed by atoms with van der Waals surface area (Å²) < 4.78 is 7.32. The topological polar surface area (TPSA) is 9.23 Å². The van der Waals surface area contributed by atoms with Crippen LogP contribution in [0.3, 0.4) is 0 Å². The molecule has 1 nitrogen and oxygen atoms in total. The number of allylic oxidation sites excluding steroid dienone is 1. The van der Waals surface area contributed by atoms with Crippen molar-refractivity contribution in [2.75, 3.05) is 6.61 Å². The minimum atomic E-state index is 0.310. The predicted molar refractivity (Wildman–Crippen MR) is 165 cm³/mol. The van der Waals surface area contributed by atoms with Crippen molar-refractivity contribution in [1.82, 2.24) is 0 Å². The molecule has 0 amide bonds. The molecule has 1 aliphatic rings. The lowest BCUT2D eigenvalue weighted by atomic mass is 9.36. The fourth-order valence-electron chi connectivity index (χ4n) is 5.62. The van der Waals surface area contributed by atoms with Gasteiger partial charge in [0.1, 0.15) is 5.75 Å². The second-order valence-corrected chi connectivity index (χ2v) is 12.4. The highest BCUT2D eigenvalue weighted by Crippen LogP contribution is 2.33. The summed E-state index contributed by atoms with van der Waals surface area (Å²) in [5.41, 5.74) is 10.2. The van der Waals surface area contributed by atoms with Crippen LogP contribution in [0.15, 0.2) is 34.2 Å². The summed E-state index contributed by atoms with van der Waals surface area (Å²) >= 11 is 3.86. The van der Waals surface area contributed by atoms with Crippen LogP contribution in [0.1, 0.15) is 140 Å². The number of hydrogen-bond donors (Lipinski definition) is 0. The number of rotatable bonds is 13. The summed E-state index contributed by atoms with van der Waals surface area (Å²) in [5, 5.41) is 0. The molecule has 3 heteroatoms. The van der Waals surface area contributed by atoms with Crippen LogP contribution in [-0.4, -0.2) is 13.3 Å². The van der Waals surface area contributed by atoms with Crippen LogP contribution in [0.2, 0.25) is 0 Å². The lowest BCUT2D eigenvalue weighted by Gasteiger charge is -2.27. The summed E-state index contributed by atoms with van der Waals surface area (Å²) in [4.78, 5) is 0. The Balaban J connectivity index is 1.94. The Labute approximate surface area is 230 Å². The van der Waals surface area contributed by atoms with E-state index in [0.717, 1.165) is 23.2 Å². The van der Waals surface area contributed by atoms with E-state index in [-0.39, 0.29) is 0 Å². The molecule has 196 valence electrons. The Morgan fingerprint density at radius 3 is 2.03 bits per heavy atom. The van der Waals surface area contributed by atoms with Crippen molar-refractivity contribution < 1.29 is 4.74 Å². The summed E-state index contributed by atoms with van der Waals surface area (Å²) in [6.45, 7) is 19.8. The van der Waals surface area contributed by atoms with Gasteiger partial charge in [-0.2, -0.15) is 0 Å². The number of hydrogen-bond acceptors (Lipinski definition) is 1. The van der Waals surface area contributed by atoms with Crippen molar-refractivity contribution in [3.63, 3.8) is 0 Å². The third-order valence-electron chi connectivity index (χ3n) is 8.02. The third-order valence-corrected chi connectivity index (χ3v) is 8.64. The molecule has 36 heavy (non-hydrogen) atoms. The largest absolute Gasteiger partial charge is 0.492 e. The lowest BCUT2D eigenvalue weighted by Crippen LogP contribution is -2.46. The molecule has 0 fully saturated rings. The van der Waals surface area contributed by atoms with Crippen LogP contribution in [0, 0.1) is 0 Å². The predicted octanol–water partition coefficient (Wildman–Crippen LogP) is 9.51. The normalized spacial score (nSPS) is 14.0. The summed E-state index contributed by atoms with van der Waals surface area (Å²) in [6, 6.07) is 9.62. The van der Waals surface area contributed by atoms with Crippen LogP contribution >= 0.6 is 15.9 Å². The van der Waals surface area contributed by atoms with E-state index >= 15 is 0 Å². The van der Waals surface area contributed by atoms with E-state index in [4.69, 9.17) is 4.74 Å². The molecule has 1 aliphatic heterocycles. The van der Waals surface area contributed by atoms with Gasteiger partial charge in [-0.05, 0) is 80.9 Å². The molecule has 0 saturated carbocycles. The minimum Gasteiger partial charge on any atom is -0.492 e. The van der Waals surface area contributed by atoms with Gasteiger partial charge in [-0.15, -0.1) is 0 Å². The van der Waals surface area contributed by atoms with Gasteiger partial charge in [-0.1, -0.05) is 122 Å². The fraction of sp³-hybridized carbons (Fsp3) is 0.576. The monoisotopic (exact) mass is 550 g/mol. The van der Waals surface area contributed by atoms with Gasteiger partial charge in [0.2, 0.25) is 6.71 Å². The van der Waals surface area contributed by atoms with Gasteiger partial charge in [0.05, 0.1) is 11.1 Å². The molecular formula is C33H48BBrO. The van der Waals surface area contributed by atoms with Crippen LogP contribution in [0.25, 0.3) is 6.08 Å². The van der Waals surface area contributed by atoms with Crippen LogP contribution in [-0.2, 0) is 0 Å².